The lowest BCUT2D eigenvalue weighted by Crippen LogP contribution is -2.30. The lowest BCUT2D eigenvalue weighted by molar-refractivity contribution is 0.280. The molecule has 6 heteroatoms. The van der Waals surface area contributed by atoms with Crippen LogP contribution in [0.4, 0.5) is 5.82 Å². The Hall–Kier alpha value is -0.720. The summed E-state index contributed by atoms with van der Waals surface area (Å²) in [6.07, 6.45) is 1.43. The van der Waals surface area contributed by atoms with Gasteiger partial charge in [-0.15, -0.1) is 0 Å². The van der Waals surface area contributed by atoms with Crippen LogP contribution in [0.1, 0.15) is 0 Å². The lowest BCUT2D eigenvalue weighted by atomic mass is 10.4. The molecule has 1 aromatic rings. The third kappa shape index (κ3) is 3.21. The fraction of sp³-hybridized carbons (Fsp3) is 0.500. The minimum absolute atomic E-state index is 0.0294. The minimum atomic E-state index is 0.0294. The van der Waals surface area contributed by atoms with Crippen molar-refractivity contribution < 1.29 is 10.2 Å². The second-order valence-electron chi connectivity index (χ2n) is 2.63. The van der Waals surface area contributed by atoms with Gasteiger partial charge in [0.2, 0.25) is 0 Å². The van der Waals surface area contributed by atoms with Gasteiger partial charge in [-0.3, -0.25) is 0 Å². The minimum Gasteiger partial charge on any atom is -0.395 e. The standard InChI is InChI=1S/C8H12BrN3O2/c9-7-5-8(11-6-10-7)12(1-3-13)2-4-14/h5-6,13-14H,1-4H2. The molecule has 0 atom stereocenters. The summed E-state index contributed by atoms with van der Waals surface area (Å²) in [7, 11) is 0. The molecule has 0 bridgehead atoms. The molecule has 1 rings (SSSR count). The van der Waals surface area contributed by atoms with Gasteiger partial charge in [0, 0.05) is 19.2 Å². The molecule has 1 heterocycles. The number of aliphatic hydroxyl groups is 2. The summed E-state index contributed by atoms with van der Waals surface area (Å²) in [5, 5.41) is 17.6. The summed E-state index contributed by atoms with van der Waals surface area (Å²) in [6.45, 7) is 0.956. The zero-order valence-electron chi connectivity index (χ0n) is 7.60. The van der Waals surface area contributed by atoms with Crippen molar-refractivity contribution in [1.82, 2.24) is 9.97 Å². The topological polar surface area (TPSA) is 69.5 Å². The Bertz CT molecular complexity index is 279. The molecule has 0 aromatic carbocycles. The van der Waals surface area contributed by atoms with Crippen LogP contribution in [0.25, 0.3) is 0 Å². The molecule has 0 unspecified atom stereocenters. The second kappa shape index (κ2) is 5.90. The van der Waals surface area contributed by atoms with Crippen molar-refractivity contribution in [2.75, 3.05) is 31.2 Å². The van der Waals surface area contributed by atoms with Crippen LogP contribution in [-0.2, 0) is 0 Å². The maximum atomic E-state index is 8.82. The largest absolute Gasteiger partial charge is 0.395 e. The van der Waals surface area contributed by atoms with Crippen LogP contribution in [0.15, 0.2) is 17.0 Å². The number of aromatic nitrogens is 2. The molecule has 0 aliphatic rings. The number of halogens is 1. The van der Waals surface area contributed by atoms with Crippen LogP contribution in [-0.4, -0.2) is 46.5 Å². The molecule has 1 aromatic heterocycles. The van der Waals surface area contributed by atoms with Gasteiger partial charge in [-0.25, -0.2) is 9.97 Å². The number of rotatable bonds is 5. The molecule has 0 saturated heterocycles. The van der Waals surface area contributed by atoms with E-state index < -0.39 is 0 Å². The summed E-state index contributed by atoms with van der Waals surface area (Å²) in [5.74, 6) is 0.690. The third-order valence-electron chi connectivity index (χ3n) is 1.68. The number of nitrogens with zero attached hydrogens (tertiary/aromatic N) is 3. The van der Waals surface area contributed by atoms with E-state index in [0.717, 1.165) is 0 Å². The smallest absolute Gasteiger partial charge is 0.133 e. The SMILES string of the molecule is OCCN(CCO)c1cc(Br)ncn1. The van der Waals surface area contributed by atoms with E-state index in [1.54, 1.807) is 11.0 Å². The Morgan fingerprint density at radius 2 is 1.86 bits per heavy atom. The first-order valence-electron chi connectivity index (χ1n) is 4.22. The van der Waals surface area contributed by atoms with Gasteiger partial charge in [0.25, 0.3) is 0 Å². The fourth-order valence-electron chi connectivity index (χ4n) is 1.08. The number of anilines is 1. The molecule has 2 N–H and O–H groups in total. The highest BCUT2D eigenvalue weighted by molar-refractivity contribution is 9.10. The first kappa shape index (κ1) is 11.4. The zero-order valence-corrected chi connectivity index (χ0v) is 9.18. The Labute approximate surface area is 90.5 Å². The average Bonchev–Trinajstić information content (AvgIpc) is 2.17. The normalized spacial score (nSPS) is 10.2. The Morgan fingerprint density at radius 3 is 2.36 bits per heavy atom. The van der Waals surface area contributed by atoms with Crippen LogP contribution >= 0.6 is 15.9 Å². The number of hydrogen-bond acceptors (Lipinski definition) is 5. The molecular weight excluding hydrogens is 250 g/mol. The van der Waals surface area contributed by atoms with Crippen molar-refractivity contribution in [2.45, 2.75) is 0 Å². The van der Waals surface area contributed by atoms with Gasteiger partial charge in [0.1, 0.15) is 16.7 Å². The zero-order chi connectivity index (χ0) is 10.4. The van der Waals surface area contributed by atoms with Crippen LogP contribution in [0.5, 0.6) is 0 Å². The van der Waals surface area contributed by atoms with Crippen LogP contribution in [0.3, 0.4) is 0 Å². The lowest BCUT2D eigenvalue weighted by Gasteiger charge is -2.21. The van der Waals surface area contributed by atoms with E-state index >= 15 is 0 Å². The first-order valence-corrected chi connectivity index (χ1v) is 5.01. The van der Waals surface area contributed by atoms with Crippen molar-refractivity contribution >= 4 is 21.7 Å². The maximum Gasteiger partial charge on any atom is 0.133 e. The van der Waals surface area contributed by atoms with Crippen molar-refractivity contribution in [1.29, 1.82) is 0 Å². The molecular formula is C8H12BrN3O2. The van der Waals surface area contributed by atoms with E-state index in [-0.39, 0.29) is 13.2 Å². The van der Waals surface area contributed by atoms with E-state index in [2.05, 4.69) is 25.9 Å². The molecule has 0 aliphatic carbocycles. The number of aliphatic hydroxyl groups excluding tert-OH is 2. The highest BCUT2D eigenvalue weighted by atomic mass is 79.9. The van der Waals surface area contributed by atoms with E-state index in [9.17, 15) is 0 Å². The van der Waals surface area contributed by atoms with Gasteiger partial charge in [-0.2, -0.15) is 0 Å². The van der Waals surface area contributed by atoms with Crippen LogP contribution < -0.4 is 4.90 Å². The summed E-state index contributed by atoms with van der Waals surface area (Å²) < 4.78 is 0.684. The summed E-state index contributed by atoms with van der Waals surface area (Å²) >= 11 is 3.23. The molecule has 0 aliphatic heterocycles. The Kier molecular flexibility index (Phi) is 4.78. The molecule has 0 fully saturated rings. The van der Waals surface area contributed by atoms with E-state index in [4.69, 9.17) is 10.2 Å². The summed E-state index contributed by atoms with van der Waals surface area (Å²) in [6, 6.07) is 1.74. The van der Waals surface area contributed by atoms with Crippen molar-refractivity contribution in [3.8, 4) is 0 Å². The van der Waals surface area contributed by atoms with E-state index in [1.165, 1.54) is 6.33 Å². The Balaban J connectivity index is 2.75. The van der Waals surface area contributed by atoms with E-state index in [0.29, 0.717) is 23.5 Å². The van der Waals surface area contributed by atoms with Gasteiger partial charge in [-0.1, -0.05) is 0 Å². The molecule has 78 valence electrons. The average molecular weight is 262 g/mol. The molecule has 0 spiro atoms. The van der Waals surface area contributed by atoms with Gasteiger partial charge in [0.15, 0.2) is 0 Å². The fourth-order valence-corrected chi connectivity index (χ4v) is 1.38. The van der Waals surface area contributed by atoms with Gasteiger partial charge in [-0.05, 0) is 15.9 Å². The van der Waals surface area contributed by atoms with Gasteiger partial charge >= 0.3 is 0 Å². The van der Waals surface area contributed by atoms with Crippen LogP contribution in [0.2, 0.25) is 0 Å². The predicted molar refractivity (Wildman–Crippen MR) is 56.1 cm³/mol. The molecule has 14 heavy (non-hydrogen) atoms. The Morgan fingerprint density at radius 1 is 1.21 bits per heavy atom. The van der Waals surface area contributed by atoms with E-state index in [1.807, 2.05) is 0 Å². The van der Waals surface area contributed by atoms with Gasteiger partial charge < -0.3 is 15.1 Å². The van der Waals surface area contributed by atoms with Crippen molar-refractivity contribution in [3.05, 3.63) is 17.0 Å². The maximum absolute atomic E-state index is 8.82. The number of hydrogen-bond donors (Lipinski definition) is 2. The third-order valence-corrected chi connectivity index (χ3v) is 2.12. The second-order valence-corrected chi connectivity index (χ2v) is 3.45. The summed E-state index contributed by atoms with van der Waals surface area (Å²) in [5.41, 5.74) is 0. The molecule has 5 nitrogen and oxygen atoms in total. The van der Waals surface area contributed by atoms with Gasteiger partial charge in [0.05, 0.1) is 13.2 Å². The molecule has 0 radical (unpaired) electrons. The first-order chi connectivity index (χ1) is 6.77. The van der Waals surface area contributed by atoms with Crippen LogP contribution in [0, 0.1) is 0 Å². The quantitative estimate of drug-likeness (QED) is 0.733. The van der Waals surface area contributed by atoms with Crippen molar-refractivity contribution in [3.63, 3.8) is 0 Å². The highest BCUT2D eigenvalue weighted by Crippen LogP contribution is 2.13. The van der Waals surface area contributed by atoms with Crippen molar-refractivity contribution in [2.24, 2.45) is 0 Å². The monoisotopic (exact) mass is 261 g/mol. The predicted octanol–water partition coefficient (Wildman–Crippen LogP) is 0.0301. The molecule has 0 saturated carbocycles. The summed E-state index contributed by atoms with van der Waals surface area (Å²) in [4.78, 5) is 9.72. The molecule has 0 amide bonds. The highest BCUT2D eigenvalue weighted by Gasteiger charge is 2.06.